The van der Waals surface area contributed by atoms with Crippen molar-refractivity contribution < 1.29 is 4.42 Å². The quantitative estimate of drug-likeness (QED) is 0.912. The summed E-state index contributed by atoms with van der Waals surface area (Å²) in [5, 5.41) is 3.40. The lowest BCUT2D eigenvalue weighted by molar-refractivity contribution is 0.516. The minimum atomic E-state index is 0.692. The number of rotatable bonds is 4. The van der Waals surface area contributed by atoms with Crippen LogP contribution in [0.15, 0.2) is 45.5 Å². The molecule has 0 saturated carbocycles. The molecule has 0 spiro atoms. The lowest BCUT2D eigenvalue weighted by Gasteiger charge is -2.18. The fourth-order valence-corrected chi connectivity index (χ4v) is 2.76. The molecule has 4 heteroatoms. The average Bonchev–Trinajstić information content (AvgIpc) is 3.08. The number of nitrogens with zero attached hydrogens (tertiary/aromatic N) is 1. The number of nitrogens with one attached hydrogen (secondary N) is 1. The van der Waals surface area contributed by atoms with Crippen LogP contribution in [0.1, 0.15) is 18.6 Å². The van der Waals surface area contributed by atoms with E-state index in [1.165, 1.54) is 31.6 Å². The number of benzene rings is 1. The minimum Gasteiger partial charge on any atom is -0.466 e. The van der Waals surface area contributed by atoms with Gasteiger partial charge in [0.25, 0.3) is 0 Å². The predicted molar refractivity (Wildman–Crippen MR) is 81.6 cm³/mol. The van der Waals surface area contributed by atoms with E-state index in [4.69, 9.17) is 4.42 Å². The molecule has 0 amide bonds. The van der Waals surface area contributed by atoms with E-state index in [-0.39, 0.29) is 0 Å². The summed E-state index contributed by atoms with van der Waals surface area (Å²) < 4.78 is 6.41. The maximum Gasteiger partial charge on any atom is 0.136 e. The van der Waals surface area contributed by atoms with Gasteiger partial charge >= 0.3 is 0 Å². The Kier molecular flexibility index (Phi) is 3.78. The normalized spacial score (nSPS) is 14.9. The monoisotopic (exact) mass is 320 g/mol. The number of anilines is 2. The Bertz CT molecular complexity index is 547. The molecule has 100 valence electrons. The highest BCUT2D eigenvalue weighted by molar-refractivity contribution is 9.10. The molecular formula is C15H17BrN2O. The van der Waals surface area contributed by atoms with Crippen LogP contribution in [0.5, 0.6) is 0 Å². The molecule has 1 aliphatic rings. The van der Waals surface area contributed by atoms with E-state index in [2.05, 4.69) is 50.4 Å². The van der Waals surface area contributed by atoms with Gasteiger partial charge in [-0.05, 0) is 53.0 Å². The van der Waals surface area contributed by atoms with E-state index >= 15 is 0 Å². The predicted octanol–water partition coefficient (Wildman–Crippen LogP) is 4.25. The Morgan fingerprint density at radius 1 is 1.21 bits per heavy atom. The van der Waals surface area contributed by atoms with E-state index in [1.807, 2.05) is 6.07 Å². The van der Waals surface area contributed by atoms with Gasteiger partial charge in [-0.1, -0.05) is 6.07 Å². The van der Waals surface area contributed by atoms with Crippen molar-refractivity contribution in [1.29, 1.82) is 0 Å². The van der Waals surface area contributed by atoms with E-state index in [0.29, 0.717) is 6.54 Å². The van der Waals surface area contributed by atoms with Crippen LogP contribution in [0.25, 0.3) is 0 Å². The molecule has 0 aliphatic carbocycles. The third-order valence-corrected chi connectivity index (χ3v) is 4.17. The molecule has 1 aromatic heterocycles. The van der Waals surface area contributed by atoms with Gasteiger partial charge in [-0.15, -0.1) is 0 Å². The summed E-state index contributed by atoms with van der Waals surface area (Å²) >= 11 is 3.47. The zero-order valence-electron chi connectivity index (χ0n) is 10.7. The van der Waals surface area contributed by atoms with Crippen molar-refractivity contribution in [3.8, 4) is 0 Å². The molecule has 0 atom stereocenters. The Labute approximate surface area is 121 Å². The minimum absolute atomic E-state index is 0.692. The molecule has 1 aromatic carbocycles. The molecule has 3 nitrogen and oxygen atoms in total. The van der Waals surface area contributed by atoms with Gasteiger partial charge in [0, 0.05) is 24.5 Å². The van der Waals surface area contributed by atoms with Crippen molar-refractivity contribution in [3.63, 3.8) is 0 Å². The highest BCUT2D eigenvalue weighted by Crippen LogP contribution is 2.24. The summed E-state index contributed by atoms with van der Waals surface area (Å²) in [4.78, 5) is 2.44. The van der Waals surface area contributed by atoms with E-state index in [0.717, 1.165) is 15.9 Å². The molecule has 3 rings (SSSR count). The van der Waals surface area contributed by atoms with Crippen LogP contribution in [0.4, 0.5) is 11.4 Å². The molecule has 1 aliphatic heterocycles. The van der Waals surface area contributed by atoms with E-state index in [9.17, 15) is 0 Å². The summed E-state index contributed by atoms with van der Waals surface area (Å²) in [6, 6.07) is 10.5. The van der Waals surface area contributed by atoms with Gasteiger partial charge in [-0.2, -0.15) is 0 Å². The van der Waals surface area contributed by atoms with Crippen LogP contribution < -0.4 is 10.2 Å². The van der Waals surface area contributed by atoms with Gasteiger partial charge in [0.1, 0.15) is 5.76 Å². The first-order valence-corrected chi connectivity index (χ1v) is 7.43. The Hall–Kier alpha value is -1.42. The van der Waals surface area contributed by atoms with Crippen molar-refractivity contribution in [3.05, 3.63) is 46.8 Å². The highest BCUT2D eigenvalue weighted by atomic mass is 79.9. The van der Waals surface area contributed by atoms with E-state index < -0.39 is 0 Å². The van der Waals surface area contributed by atoms with Crippen LogP contribution in [0, 0.1) is 0 Å². The standard InChI is InChI=1S/C15H17BrN2O/c16-14-6-9-19-15(14)11-17-12-4-3-5-13(10-12)18-7-1-2-8-18/h3-6,9-10,17H,1-2,7-8,11H2. The highest BCUT2D eigenvalue weighted by Gasteiger charge is 2.12. The van der Waals surface area contributed by atoms with Crippen LogP contribution in [-0.4, -0.2) is 13.1 Å². The molecule has 0 radical (unpaired) electrons. The topological polar surface area (TPSA) is 28.4 Å². The van der Waals surface area contributed by atoms with Gasteiger partial charge in [-0.25, -0.2) is 0 Å². The van der Waals surface area contributed by atoms with Gasteiger partial charge in [0.2, 0.25) is 0 Å². The van der Waals surface area contributed by atoms with E-state index in [1.54, 1.807) is 6.26 Å². The maximum atomic E-state index is 5.40. The average molecular weight is 321 g/mol. The van der Waals surface area contributed by atoms with Gasteiger partial charge < -0.3 is 14.6 Å². The summed E-state index contributed by atoms with van der Waals surface area (Å²) in [5.41, 5.74) is 2.44. The van der Waals surface area contributed by atoms with Crippen LogP contribution in [-0.2, 0) is 6.54 Å². The Balaban J connectivity index is 1.67. The fourth-order valence-electron chi connectivity index (χ4n) is 2.42. The van der Waals surface area contributed by atoms with Crippen molar-refractivity contribution >= 4 is 27.3 Å². The molecule has 2 aromatic rings. The lowest BCUT2D eigenvalue weighted by atomic mass is 10.2. The molecule has 19 heavy (non-hydrogen) atoms. The first-order valence-electron chi connectivity index (χ1n) is 6.64. The van der Waals surface area contributed by atoms with Gasteiger partial charge in [-0.3, -0.25) is 0 Å². The number of hydrogen-bond acceptors (Lipinski definition) is 3. The SMILES string of the molecule is Brc1ccoc1CNc1cccc(N2CCCC2)c1. The van der Waals surface area contributed by atoms with Crippen molar-refractivity contribution in [2.24, 2.45) is 0 Å². The first kappa shape index (κ1) is 12.6. The largest absolute Gasteiger partial charge is 0.466 e. The smallest absolute Gasteiger partial charge is 0.136 e. The molecule has 0 bridgehead atoms. The second-order valence-corrected chi connectivity index (χ2v) is 5.64. The summed E-state index contributed by atoms with van der Waals surface area (Å²) in [7, 11) is 0. The van der Waals surface area contributed by atoms with Crippen molar-refractivity contribution in [2.75, 3.05) is 23.3 Å². The number of halogens is 1. The summed E-state index contributed by atoms with van der Waals surface area (Å²) in [5.74, 6) is 0.923. The molecular weight excluding hydrogens is 304 g/mol. The third kappa shape index (κ3) is 2.95. The molecule has 2 heterocycles. The van der Waals surface area contributed by atoms with Crippen LogP contribution >= 0.6 is 15.9 Å². The van der Waals surface area contributed by atoms with Gasteiger partial charge in [0.05, 0.1) is 17.3 Å². The molecule has 0 unspecified atom stereocenters. The van der Waals surface area contributed by atoms with Gasteiger partial charge in [0.15, 0.2) is 0 Å². The Morgan fingerprint density at radius 3 is 2.79 bits per heavy atom. The van der Waals surface area contributed by atoms with Crippen molar-refractivity contribution in [2.45, 2.75) is 19.4 Å². The fraction of sp³-hybridized carbons (Fsp3) is 0.333. The maximum absolute atomic E-state index is 5.40. The molecule has 1 N–H and O–H groups in total. The second-order valence-electron chi connectivity index (χ2n) is 4.79. The lowest BCUT2D eigenvalue weighted by Crippen LogP contribution is -2.17. The zero-order chi connectivity index (χ0) is 13.1. The molecule has 1 fully saturated rings. The first-order chi connectivity index (χ1) is 9.33. The number of furan rings is 1. The Morgan fingerprint density at radius 2 is 2.05 bits per heavy atom. The van der Waals surface area contributed by atoms with Crippen molar-refractivity contribution in [1.82, 2.24) is 0 Å². The summed E-state index contributed by atoms with van der Waals surface area (Å²) in [6.45, 7) is 3.04. The molecule has 1 saturated heterocycles. The van der Waals surface area contributed by atoms with Crippen LogP contribution in [0.3, 0.4) is 0 Å². The summed E-state index contributed by atoms with van der Waals surface area (Å²) in [6.07, 6.45) is 4.30. The van der Waals surface area contributed by atoms with Crippen LogP contribution in [0.2, 0.25) is 0 Å². The third-order valence-electron chi connectivity index (χ3n) is 3.46. The second kappa shape index (κ2) is 5.70. The zero-order valence-corrected chi connectivity index (χ0v) is 12.3. The number of hydrogen-bond donors (Lipinski definition) is 1.